The Kier molecular flexibility index (Phi) is 6.96. The summed E-state index contributed by atoms with van der Waals surface area (Å²) in [5.74, 6) is -0.356. The van der Waals surface area contributed by atoms with Gasteiger partial charge in [0.2, 0.25) is 5.91 Å². The van der Waals surface area contributed by atoms with Crippen LogP contribution in [-0.2, 0) is 4.79 Å². The van der Waals surface area contributed by atoms with Gasteiger partial charge in [-0.25, -0.2) is 0 Å². The first-order chi connectivity index (χ1) is 7.17. The van der Waals surface area contributed by atoms with E-state index in [1.807, 2.05) is 19.1 Å². The Labute approximate surface area is 90.3 Å². The Bertz CT molecular complexity index is 260. The summed E-state index contributed by atoms with van der Waals surface area (Å²) in [4.78, 5) is 13.0. The summed E-state index contributed by atoms with van der Waals surface area (Å²) in [5.41, 5.74) is 0. The third kappa shape index (κ3) is 4.99. The monoisotopic (exact) mass is 208 g/mol. The number of hydrogen-bond acceptors (Lipinski definition) is 4. The van der Waals surface area contributed by atoms with Crippen molar-refractivity contribution in [2.24, 2.45) is 5.92 Å². The molecule has 0 saturated heterocycles. The molecule has 0 bridgehead atoms. The molecule has 5 nitrogen and oxygen atoms in total. The van der Waals surface area contributed by atoms with Gasteiger partial charge < -0.3 is 10.2 Å². The zero-order chi connectivity index (χ0) is 11.7. The highest BCUT2D eigenvalue weighted by Gasteiger charge is 2.19. The van der Waals surface area contributed by atoms with Crippen LogP contribution < -0.4 is 5.32 Å². The first-order valence-electron chi connectivity index (χ1n) is 4.90. The Balaban J connectivity index is 4.24. The largest absolute Gasteiger partial charge is 0.316 e. The smallest absolute Gasteiger partial charge is 0.228 e. The molecule has 1 unspecified atom stereocenters. The lowest BCUT2D eigenvalue weighted by atomic mass is 10.1. The summed E-state index contributed by atoms with van der Waals surface area (Å²) in [6.45, 7) is 5.06. The van der Waals surface area contributed by atoms with Crippen LogP contribution in [0, 0.1) is 28.6 Å². The van der Waals surface area contributed by atoms with Gasteiger partial charge in [0.1, 0.15) is 13.1 Å². The molecule has 1 atom stereocenters. The van der Waals surface area contributed by atoms with Crippen LogP contribution in [0.2, 0.25) is 0 Å². The molecule has 0 aliphatic heterocycles. The Morgan fingerprint density at radius 3 is 2.33 bits per heavy atom. The zero-order valence-corrected chi connectivity index (χ0v) is 9.16. The third-order valence-electron chi connectivity index (χ3n) is 1.96. The van der Waals surface area contributed by atoms with E-state index < -0.39 is 0 Å². The topological polar surface area (TPSA) is 79.9 Å². The van der Waals surface area contributed by atoms with Crippen molar-refractivity contribution in [1.82, 2.24) is 10.2 Å². The molecular weight excluding hydrogens is 192 g/mol. The minimum absolute atomic E-state index is 0.0249. The van der Waals surface area contributed by atoms with Gasteiger partial charge in [0.05, 0.1) is 12.1 Å². The lowest BCUT2D eigenvalue weighted by Crippen LogP contribution is -2.39. The van der Waals surface area contributed by atoms with Gasteiger partial charge in [-0.15, -0.1) is 0 Å². The highest BCUT2D eigenvalue weighted by molar-refractivity contribution is 5.79. The molecule has 0 saturated carbocycles. The second-order valence-corrected chi connectivity index (χ2v) is 3.22. The number of nitriles is 2. The Hall–Kier alpha value is -1.59. The average molecular weight is 208 g/mol. The van der Waals surface area contributed by atoms with E-state index in [9.17, 15) is 4.79 Å². The lowest BCUT2D eigenvalue weighted by molar-refractivity contribution is -0.133. The normalized spacial score (nSPS) is 11.2. The predicted octanol–water partition coefficient (Wildman–Crippen LogP) is 0.108. The summed E-state index contributed by atoms with van der Waals surface area (Å²) in [5, 5.41) is 20.1. The van der Waals surface area contributed by atoms with Crippen LogP contribution >= 0.6 is 0 Å². The van der Waals surface area contributed by atoms with Gasteiger partial charge in [-0.2, -0.15) is 10.5 Å². The number of carbonyl (C=O) groups excluding carboxylic acids is 1. The molecule has 0 aliphatic carbocycles. The van der Waals surface area contributed by atoms with Crippen molar-refractivity contribution in [3.05, 3.63) is 0 Å². The molecule has 1 amide bonds. The number of rotatable bonds is 6. The van der Waals surface area contributed by atoms with Crippen molar-refractivity contribution in [3.8, 4) is 12.1 Å². The SMILES string of the molecule is CCNCC(C)C(=O)N(CC#N)CC#N. The molecule has 0 aromatic heterocycles. The van der Waals surface area contributed by atoms with Gasteiger partial charge in [0.15, 0.2) is 0 Å². The molecule has 0 heterocycles. The third-order valence-corrected chi connectivity index (χ3v) is 1.96. The maximum Gasteiger partial charge on any atom is 0.228 e. The summed E-state index contributed by atoms with van der Waals surface area (Å²) in [7, 11) is 0. The number of nitrogens with one attached hydrogen (secondary N) is 1. The highest BCUT2D eigenvalue weighted by Crippen LogP contribution is 2.00. The molecule has 0 spiro atoms. The van der Waals surface area contributed by atoms with Crippen molar-refractivity contribution in [2.45, 2.75) is 13.8 Å². The van der Waals surface area contributed by atoms with Crippen LogP contribution in [0.4, 0.5) is 0 Å². The number of hydrogen-bond donors (Lipinski definition) is 1. The first kappa shape index (κ1) is 13.4. The van der Waals surface area contributed by atoms with E-state index in [0.717, 1.165) is 6.54 Å². The molecule has 5 heteroatoms. The molecule has 0 aliphatic rings. The minimum atomic E-state index is -0.202. The number of nitrogens with zero attached hydrogens (tertiary/aromatic N) is 3. The van der Waals surface area contributed by atoms with Gasteiger partial charge in [0, 0.05) is 12.5 Å². The predicted molar refractivity (Wildman–Crippen MR) is 55.5 cm³/mol. The fourth-order valence-electron chi connectivity index (χ4n) is 1.14. The molecule has 0 fully saturated rings. The van der Waals surface area contributed by atoms with Crippen LogP contribution in [0.1, 0.15) is 13.8 Å². The Morgan fingerprint density at radius 1 is 1.40 bits per heavy atom. The van der Waals surface area contributed by atoms with Crippen LogP contribution in [-0.4, -0.2) is 37.0 Å². The summed E-state index contributed by atoms with van der Waals surface area (Å²) >= 11 is 0. The van der Waals surface area contributed by atoms with E-state index in [4.69, 9.17) is 10.5 Å². The molecule has 0 rings (SSSR count). The molecule has 0 radical (unpaired) electrons. The van der Waals surface area contributed by atoms with Crippen LogP contribution in [0.5, 0.6) is 0 Å². The quantitative estimate of drug-likeness (QED) is 0.628. The first-order valence-corrected chi connectivity index (χ1v) is 4.90. The maximum absolute atomic E-state index is 11.7. The number of carbonyl (C=O) groups is 1. The van der Waals surface area contributed by atoms with Crippen LogP contribution in [0.3, 0.4) is 0 Å². The minimum Gasteiger partial charge on any atom is -0.316 e. The summed E-state index contributed by atoms with van der Waals surface area (Å²) < 4.78 is 0. The fourth-order valence-corrected chi connectivity index (χ4v) is 1.14. The molecule has 82 valence electrons. The van der Waals surface area contributed by atoms with Crippen molar-refractivity contribution >= 4 is 5.91 Å². The lowest BCUT2D eigenvalue weighted by Gasteiger charge is -2.20. The average Bonchev–Trinajstić information content (AvgIpc) is 2.24. The van der Waals surface area contributed by atoms with E-state index >= 15 is 0 Å². The highest BCUT2D eigenvalue weighted by atomic mass is 16.2. The second-order valence-electron chi connectivity index (χ2n) is 3.22. The Morgan fingerprint density at radius 2 is 1.93 bits per heavy atom. The summed E-state index contributed by atoms with van der Waals surface area (Å²) in [6, 6.07) is 3.76. The zero-order valence-electron chi connectivity index (χ0n) is 9.16. The van der Waals surface area contributed by atoms with Crippen molar-refractivity contribution in [1.29, 1.82) is 10.5 Å². The van der Waals surface area contributed by atoms with E-state index in [1.54, 1.807) is 6.92 Å². The van der Waals surface area contributed by atoms with Gasteiger partial charge in [0.25, 0.3) is 0 Å². The molecular formula is C10H16N4O. The fraction of sp³-hybridized carbons (Fsp3) is 0.700. The van der Waals surface area contributed by atoms with E-state index in [1.165, 1.54) is 4.90 Å². The van der Waals surface area contributed by atoms with Crippen molar-refractivity contribution in [2.75, 3.05) is 26.2 Å². The number of amides is 1. The molecule has 0 aromatic carbocycles. The second kappa shape index (κ2) is 7.78. The van der Waals surface area contributed by atoms with Gasteiger partial charge >= 0.3 is 0 Å². The van der Waals surface area contributed by atoms with Crippen molar-refractivity contribution in [3.63, 3.8) is 0 Å². The van der Waals surface area contributed by atoms with Gasteiger partial charge in [-0.3, -0.25) is 4.79 Å². The van der Waals surface area contributed by atoms with Crippen LogP contribution in [0.15, 0.2) is 0 Å². The van der Waals surface area contributed by atoms with Gasteiger partial charge in [-0.05, 0) is 6.54 Å². The van der Waals surface area contributed by atoms with Crippen molar-refractivity contribution < 1.29 is 4.79 Å². The van der Waals surface area contributed by atoms with E-state index in [-0.39, 0.29) is 24.9 Å². The standard InChI is InChI=1S/C10H16N4O/c1-3-13-8-9(2)10(15)14(6-4-11)7-5-12/h9,13H,3,6-8H2,1-2H3. The van der Waals surface area contributed by atoms with Crippen LogP contribution in [0.25, 0.3) is 0 Å². The molecule has 1 N–H and O–H groups in total. The van der Waals surface area contributed by atoms with E-state index in [0.29, 0.717) is 6.54 Å². The molecule has 0 aromatic rings. The maximum atomic E-state index is 11.7. The van der Waals surface area contributed by atoms with E-state index in [2.05, 4.69) is 5.32 Å². The summed E-state index contributed by atoms with van der Waals surface area (Å²) in [6.07, 6.45) is 0. The van der Waals surface area contributed by atoms with Gasteiger partial charge in [-0.1, -0.05) is 13.8 Å². The molecule has 15 heavy (non-hydrogen) atoms.